The van der Waals surface area contributed by atoms with Crippen LogP contribution in [0.4, 0.5) is 13.2 Å². The van der Waals surface area contributed by atoms with Gasteiger partial charge in [0.1, 0.15) is 17.6 Å². The number of rotatable bonds is 6. The van der Waals surface area contributed by atoms with E-state index in [9.17, 15) is 22.2 Å². The molecule has 5 nitrogen and oxygen atoms in total. The highest BCUT2D eigenvalue weighted by Gasteiger charge is 2.37. The van der Waals surface area contributed by atoms with Crippen molar-refractivity contribution in [1.29, 1.82) is 0 Å². The fourth-order valence-electron chi connectivity index (χ4n) is 2.62. The third-order valence-corrected chi connectivity index (χ3v) is 5.34. The third kappa shape index (κ3) is 4.78. The van der Waals surface area contributed by atoms with Crippen molar-refractivity contribution in [3.05, 3.63) is 29.8 Å². The Bertz CT molecular complexity index is 609. The van der Waals surface area contributed by atoms with Crippen molar-refractivity contribution in [1.82, 2.24) is 4.31 Å². The first-order valence-electron chi connectivity index (χ1n) is 7.45. The van der Waals surface area contributed by atoms with E-state index in [2.05, 4.69) is 0 Å². The number of hydrogen-bond donors (Lipinski definition) is 1. The number of hydrogen-bond acceptors (Lipinski definition) is 3. The molecule has 0 spiro atoms. The van der Waals surface area contributed by atoms with Crippen LogP contribution in [-0.4, -0.2) is 45.4 Å². The second-order valence-electron chi connectivity index (χ2n) is 5.44. The summed E-state index contributed by atoms with van der Waals surface area (Å²) in [6, 6.07) is 4.42. The van der Waals surface area contributed by atoms with Crippen LogP contribution in [-0.2, 0) is 26.7 Å². The number of nitrogens with zero attached hydrogens (tertiary/aromatic N) is 1. The summed E-state index contributed by atoms with van der Waals surface area (Å²) in [4.78, 5) is 10.2. The summed E-state index contributed by atoms with van der Waals surface area (Å²) in [6.45, 7) is -0.0950. The van der Waals surface area contributed by atoms with E-state index in [1.807, 2.05) is 0 Å². The van der Waals surface area contributed by atoms with Gasteiger partial charge in [-0.25, -0.2) is 13.3 Å². The van der Waals surface area contributed by atoms with E-state index in [4.69, 9.17) is 9.84 Å². The zero-order valence-corrected chi connectivity index (χ0v) is 13.6. The van der Waals surface area contributed by atoms with Crippen molar-refractivity contribution in [2.24, 2.45) is 0 Å². The van der Waals surface area contributed by atoms with Gasteiger partial charge in [0, 0.05) is 12.6 Å². The first-order valence-corrected chi connectivity index (χ1v) is 8.55. The van der Waals surface area contributed by atoms with Crippen LogP contribution in [0.3, 0.4) is 0 Å². The molecule has 1 aliphatic heterocycles. The average Bonchev–Trinajstić information content (AvgIpc) is 2.53. The van der Waals surface area contributed by atoms with E-state index in [-0.39, 0.29) is 17.5 Å². The van der Waals surface area contributed by atoms with Crippen LogP contribution in [0, 0.1) is 0 Å². The van der Waals surface area contributed by atoms with E-state index in [1.165, 1.54) is 22.5 Å². The molecule has 0 saturated carbocycles. The first kappa shape index (κ1) is 18.9. The smallest absolute Gasteiger partial charge is 0.417 e. The number of benzene rings is 1. The summed E-state index contributed by atoms with van der Waals surface area (Å²) < 4.78 is 58.6. The molecule has 1 saturated heterocycles. The summed E-state index contributed by atoms with van der Waals surface area (Å²) >= 11 is 0. The average molecular weight is 365 g/mol. The highest BCUT2D eigenvalue weighted by Crippen LogP contribution is 2.35. The number of piperidine rings is 1. The Morgan fingerprint density at radius 1 is 1.33 bits per heavy atom. The number of carbonyl (C=O) groups is 1. The van der Waals surface area contributed by atoms with Crippen LogP contribution in [0.2, 0.25) is 0 Å². The molecule has 0 aliphatic carbocycles. The van der Waals surface area contributed by atoms with Gasteiger partial charge in [-0.05, 0) is 25.0 Å². The van der Waals surface area contributed by atoms with E-state index >= 15 is 0 Å². The van der Waals surface area contributed by atoms with Gasteiger partial charge < -0.3 is 9.84 Å². The molecule has 134 valence electrons. The molecule has 1 aromatic rings. The first-order chi connectivity index (χ1) is 11.3. The number of carboxylic acid groups (broad SMARTS) is 1. The molecular formula is C15H18F3NO4S. The lowest BCUT2D eigenvalue weighted by Crippen LogP contribution is -2.44. The normalized spacial score (nSPS) is 20.7. The molecule has 0 amide bonds. The predicted molar refractivity (Wildman–Crippen MR) is 80.7 cm³/mol. The van der Waals surface area contributed by atoms with Crippen LogP contribution < -0.4 is 0 Å². The zero-order valence-electron chi connectivity index (χ0n) is 12.8. The summed E-state index contributed by atoms with van der Waals surface area (Å²) in [7, 11) is -1.99. The van der Waals surface area contributed by atoms with Gasteiger partial charge in [-0.15, -0.1) is 0 Å². The Hall–Kier alpha value is -1.45. The highest BCUT2D eigenvalue weighted by molar-refractivity contribution is 7.82. The van der Waals surface area contributed by atoms with Crippen molar-refractivity contribution in [3.63, 3.8) is 0 Å². The molecule has 9 heteroatoms. The number of halogens is 3. The highest BCUT2D eigenvalue weighted by atomic mass is 32.2. The molecular weight excluding hydrogens is 347 g/mol. The lowest BCUT2D eigenvalue weighted by atomic mass is 10.1. The third-order valence-electron chi connectivity index (χ3n) is 3.70. The molecule has 2 rings (SSSR count). The van der Waals surface area contributed by atoms with Crippen molar-refractivity contribution in [2.75, 3.05) is 19.8 Å². The van der Waals surface area contributed by atoms with Gasteiger partial charge in [0.2, 0.25) is 0 Å². The second kappa shape index (κ2) is 8.09. The van der Waals surface area contributed by atoms with Gasteiger partial charge in [0.15, 0.2) is 0 Å². The Balaban J connectivity index is 2.18. The van der Waals surface area contributed by atoms with Gasteiger partial charge in [-0.3, -0.25) is 0 Å². The monoisotopic (exact) mass is 365 g/mol. The maximum absolute atomic E-state index is 13.1. The second-order valence-corrected chi connectivity index (χ2v) is 6.85. The molecule has 1 aromatic carbocycles. The quantitative estimate of drug-likeness (QED) is 0.842. The van der Waals surface area contributed by atoms with Gasteiger partial charge in [-0.1, -0.05) is 18.6 Å². The summed E-state index contributed by atoms with van der Waals surface area (Å²) in [5.74, 6) is -1.12. The minimum Gasteiger partial charge on any atom is -0.480 e. The van der Waals surface area contributed by atoms with Crippen molar-refractivity contribution < 1.29 is 32.0 Å². The molecule has 0 bridgehead atoms. The number of ether oxygens (including phenoxy) is 1. The molecule has 2 unspecified atom stereocenters. The predicted octanol–water partition coefficient (Wildman–Crippen LogP) is 2.68. The lowest BCUT2D eigenvalue weighted by Gasteiger charge is -2.34. The fraction of sp³-hybridized carbons (Fsp3) is 0.533. The van der Waals surface area contributed by atoms with Crippen LogP contribution in [0.25, 0.3) is 0 Å². The maximum atomic E-state index is 13.1. The molecule has 0 aromatic heterocycles. The Morgan fingerprint density at radius 3 is 2.71 bits per heavy atom. The largest absolute Gasteiger partial charge is 0.480 e. The molecule has 1 aliphatic rings. The van der Waals surface area contributed by atoms with Crippen molar-refractivity contribution in [3.8, 4) is 0 Å². The van der Waals surface area contributed by atoms with Crippen molar-refractivity contribution in [2.45, 2.75) is 36.4 Å². The fourth-order valence-corrected chi connectivity index (χ4v) is 4.17. The molecule has 24 heavy (non-hydrogen) atoms. The molecule has 0 radical (unpaired) electrons. The summed E-state index contributed by atoms with van der Waals surface area (Å²) in [5.41, 5.74) is -0.917. The number of aliphatic carboxylic acids is 1. The van der Waals surface area contributed by atoms with Crippen LogP contribution in [0.15, 0.2) is 29.2 Å². The Kier molecular flexibility index (Phi) is 6.36. The minimum atomic E-state index is -4.59. The van der Waals surface area contributed by atoms with Gasteiger partial charge in [-0.2, -0.15) is 13.2 Å². The van der Waals surface area contributed by atoms with E-state index < -0.39 is 35.3 Å². The SMILES string of the molecule is O=C(O)COCC1CCCCN1S(=O)c1ccccc1C(F)(F)F. The van der Waals surface area contributed by atoms with Crippen molar-refractivity contribution >= 4 is 17.0 Å². The molecule has 2 atom stereocenters. The van der Waals surface area contributed by atoms with E-state index in [1.54, 1.807) is 0 Å². The number of carboxylic acids is 1. The van der Waals surface area contributed by atoms with Crippen LogP contribution >= 0.6 is 0 Å². The van der Waals surface area contributed by atoms with E-state index in [0.717, 1.165) is 18.9 Å². The minimum absolute atomic E-state index is 0.0201. The molecule has 1 fully saturated rings. The van der Waals surface area contributed by atoms with Gasteiger partial charge in [0.25, 0.3) is 0 Å². The summed E-state index contributed by atoms with van der Waals surface area (Å²) in [5, 5.41) is 8.60. The standard InChI is InChI=1S/C15H18F3NO4S/c16-15(17,18)12-6-1-2-7-13(12)24(22)19-8-4-3-5-11(19)9-23-10-14(20)21/h1-2,6-7,11H,3-5,8-10H2,(H,20,21). The topological polar surface area (TPSA) is 66.8 Å². The zero-order chi connectivity index (χ0) is 17.7. The molecule has 1 heterocycles. The lowest BCUT2D eigenvalue weighted by molar-refractivity contribution is -0.143. The maximum Gasteiger partial charge on any atom is 0.417 e. The van der Waals surface area contributed by atoms with Crippen LogP contribution in [0.5, 0.6) is 0 Å². The van der Waals surface area contributed by atoms with Crippen LogP contribution in [0.1, 0.15) is 24.8 Å². The van der Waals surface area contributed by atoms with Gasteiger partial charge in [0.05, 0.1) is 17.1 Å². The van der Waals surface area contributed by atoms with E-state index in [0.29, 0.717) is 13.0 Å². The molecule has 1 N–H and O–H groups in total. The Labute approximate surface area is 140 Å². The van der Waals surface area contributed by atoms with Gasteiger partial charge >= 0.3 is 12.1 Å². The number of alkyl halides is 3. The summed E-state index contributed by atoms with van der Waals surface area (Å²) in [6.07, 6.45) is -2.44. The Morgan fingerprint density at radius 2 is 2.04 bits per heavy atom.